The zero-order valence-corrected chi connectivity index (χ0v) is 15.4. The van der Waals surface area contributed by atoms with Gasteiger partial charge in [0.1, 0.15) is 17.3 Å². The summed E-state index contributed by atoms with van der Waals surface area (Å²) in [5.41, 5.74) is 1.28. The topological polar surface area (TPSA) is 85.4 Å². The van der Waals surface area contributed by atoms with Gasteiger partial charge in [0, 0.05) is 6.54 Å². The zero-order chi connectivity index (χ0) is 19.9. The molecule has 0 bridgehead atoms. The molecule has 3 aromatic rings. The Morgan fingerprint density at radius 2 is 1.82 bits per heavy atom. The van der Waals surface area contributed by atoms with E-state index < -0.39 is 5.82 Å². The summed E-state index contributed by atoms with van der Waals surface area (Å²) in [6, 6.07) is 11.6. The normalized spacial score (nSPS) is 10.2. The van der Waals surface area contributed by atoms with Crippen LogP contribution in [0.15, 0.2) is 54.9 Å². The minimum atomic E-state index is -0.402. The molecule has 8 heteroatoms. The number of methoxy groups -OCH3 is 2. The summed E-state index contributed by atoms with van der Waals surface area (Å²) in [6.07, 6.45) is 2.70. The lowest BCUT2D eigenvalue weighted by atomic mass is 10.2. The number of nitrogens with zero attached hydrogens (tertiary/aromatic N) is 2. The first-order valence-electron chi connectivity index (χ1n) is 8.43. The first kappa shape index (κ1) is 19.1. The third-order valence-electron chi connectivity index (χ3n) is 3.92. The quantitative estimate of drug-likeness (QED) is 0.652. The van der Waals surface area contributed by atoms with Crippen molar-refractivity contribution in [1.82, 2.24) is 15.3 Å². The molecule has 1 heterocycles. The van der Waals surface area contributed by atoms with E-state index in [0.29, 0.717) is 17.3 Å². The molecule has 0 aliphatic carbocycles. The highest BCUT2D eigenvalue weighted by Crippen LogP contribution is 2.27. The van der Waals surface area contributed by atoms with Crippen LogP contribution in [0.4, 0.5) is 15.9 Å². The van der Waals surface area contributed by atoms with E-state index >= 15 is 0 Å². The average Bonchev–Trinajstić information content (AvgIpc) is 2.74. The molecule has 0 saturated heterocycles. The number of rotatable bonds is 7. The Hall–Kier alpha value is -3.68. The van der Waals surface area contributed by atoms with Crippen molar-refractivity contribution in [2.24, 2.45) is 0 Å². The standard InChI is InChI=1S/C20H19FN4O3/c1-27-17-8-7-13(9-18(17)28-2)10-24-20(26)16-11-23-19(12-22-16)25-15-6-4-3-5-14(15)21/h3-9,11-12H,10H2,1-2H3,(H,23,25)(H,24,26). The number of ether oxygens (including phenoxy) is 2. The number of carbonyl (C=O) groups excluding carboxylic acids is 1. The highest BCUT2D eigenvalue weighted by molar-refractivity contribution is 5.92. The van der Waals surface area contributed by atoms with Crippen molar-refractivity contribution < 1.29 is 18.7 Å². The van der Waals surface area contributed by atoms with Crippen molar-refractivity contribution in [1.29, 1.82) is 0 Å². The molecule has 28 heavy (non-hydrogen) atoms. The number of anilines is 2. The number of halogens is 1. The molecule has 0 radical (unpaired) electrons. The second-order valence-electron chi connectivity index (χ2n) is 5.76. The summed E-state index contributed by atoms with van der Waals surface area (Å²) in [5, 5.41) is 5.58. The molecule has 0 unspecified atom stereocenters. The summed E-state index contributed by atoms with van der Waals surface area (Å²) < 4.78 is 24.1. The van der Waals surface area contributed by atoms with Gasteiger partial charge in [0.2, 0.25) is 0 Å². The number of hydrogen-bond donors (Lipinski definition) is 2. The lowest BCUT2D eigenvalue weighted by molar-refractivity contribution is 0.0945. The summed E-state index contributed by atoms with van der Waals surface area (Å²) in [7, 11) is 3.11. The molecule has 1 aromatic heterocycles. The van der Waals surface area contributed by atoms with Crippen LogP contribution in [0.25, 0.3) is 0 Å². The third kappa shape index (κ3) is 4.53. The SMILES string of the molecule is COc1ccc(CNC(=O)c2cnc(Nc3ccccc3F)cn2)cc1OC. The Kier molecular flexibility index (Phi) is 6.01. The number of aromatic nitrogens is 2. The van der Waals surface area contributed by atoms with Crippen molar-refractivity contribution in [2.45, 2.75) is 6.54 Å². The summed E-state index contributed by atoms with van der Waals surface area (Å²) in [5.74, 6) is 0.751. The van der Waals surface area contributed by atoms with Gasteiger partial charge in [0.25, 0.3) is 5.91 Å². The summed E-state index contributed by atoms with van der Waals surface area (Å²) in [6.45, 7) is 0.288. The number of hydrogen-bond acceptors (Lipinski definition) is 6. The lowest BCUT2D eigenvalue weighted by Gasteiger charge is -2.10. The molecular weight excluding hydrogens is 363 g/mol. The first-order chi connectivity index (χ1) is 13.6. The van der Waals surface area contributed by atoms with Crippen molar-refractivity contribution >= 4 is 17.4 Å². The zero-order valence-electron chi connectivity index (χ0n) is 15.4. The van der Waals surface area contributed by atoms with Crippen LogP contribution in [0.2, 0.25) is 0 Å². The van der Waals surface area contributed by atoms with Crippen molar-refractivity contribution in [3.05, 3.63) is 71.9 Å². The molecule has 0 atom stereocenters. The Balaban J connectivity index is 1.61. The fourth-order valence-electron chi connectivity index (χ4n) is 2.47. The van der Waals surface area contributed by atoms with Gasteiger partial charge in [-0.1, -0.05) is 18.2 Å². The number of nitrogens with one attached hydrogen (secondary N) is 2. The smallest absolute Gasteiger partial charge is 0.271 e. The largest absolute Gasteiger partial charge is 0.493 e. The Morgan fingerprint density at radius 3 is 2.50 bits per heavy atom. The number of para-hydroxylation sites is 1. The molecular formula is C20H19FN4O3. The van der Waals surface area contributed by atoms with Gasteiger partial charge in [0.05, 0.1) is 32.3 Å². The molecule has 2 N–H and O–H groups in total. The van der Waals surface area contributed by atoms with Crippen LogP contribution in [-0.4, -0.2) is 30.1 Å². The molecule has 3 rings (SSSR count). The van der Waals surface area contributed by atoms with Gasteiger partial charge in [0.15, 0.2) is 11.5 Å². The number of benzene rings is 2. The fourth-order valence-corrected chi connectivity index (χ4v) is 2.47. The van der Waals surface area contributed by atoms with Gasteiger partial charge >= 0.3 is 0 Å². The maximum Gasteiger partial charge on any atom is 0.271 e. The van der Waals surface area contributed by atoms with Gasteiger partial charge in [-0.25, -0.2) is 14.4 Å². The van der Waals surface area contributed by atoms with E-state index in [4.69, 9.17) is 9.47 Å². The third-order valence-corrected chi connectivity index (χ3v) is 3.92. The fraction of sp³-hybridized carbons (Fsp3) is 0.150. The minimum Gasteiger partial charge on any atom is -0.493 e. The highest BCUT2D eigenvalue weighted by atomic mass is 19.1. The maximum absolute atomic E-state index is 13.7. The van der Waals surface area contributed by atoms with Crippen LogP contribution in [0.3, 0.4) is 0 Å². The van der Waals surface area contributed by atoms with E-state index in [1.54, 1.807) is 44.6 Å². The van der Waals surface area contributed by atoms with Crippen LogP contribution in [0.5, 0.6) is 11.5 Å². The van der Waals surface area contributed by atoms with Crippen LogP contribution >= 0.6 is 0 Å². The van der Waals surface area contributed by atoms with Crippen LogP contribution in [0.1, 0.15) is 16.1 Å². The minimum absolute atomic E-state index is 0.152. The molecule has 0 fully saturated rings. The maximum atomic E-state index is 13.7. The average molecular weight is 382 g/mol. The van der Waals surface area contributed by atoms with Crippen LogP contribution in [0, 0.1) is 5.82 Å². The van der Waals surface area contributed by atoms with Crippen molar-refractivity contribution in [2.75, 3.05) is 19.5 Å². The van der Waals surface area contributed by atoms with E-state index in [9.17, 15) is 9.18 Å². The number of amides is 1. The first-order valence-corrected chi connectivity index (χ1v) is 8.43. The van der Waals surface area contributed by atoms with Gasteiger partial charge in [-0.3, -0.25) is 4.79 Å². The molecule has 0 aliphatic heterocycles. The van der Waals surface area contributed by atoms with Gasteiger partial charge in [-0.2, -0.15) is 0 Å². The van der Waals surface area contributed by atoms with E-state index in [0.717, 1.165) is 5.56 Å². The predicted molar refractivity (Wildman–Crippen MR) is 102 cm³/mol. The monoisotopic (exact) mass is 382 g/mol. The van der Waals surface area contributed by atoms with Crippen molar-refractivity contribution in [3.8, 4) is 11.5 Å². The second kappa shape index (κ2) is 8.81. The molecule has 144 valence electrons. The van der Waals surface area contributed by atoms with Gasteiger partial charge in [-0.15, -0.1) is 0 Å². The molecule has 0 saturated carbocycles. The van der Waals surface area contributed by atoms with Gasteiger partial charge in [-0.05, 0) is 29.8 Å². The summed E-state index contributed by atoms with van der Waals surface area (Å²) >= 11 is 0. The van der Waals surface area contributed by atoms with E-state index in [-0.39, 0.29) is 23.8 Å². The molecule has 7 nitrogen and oxygen atoms in total. The molecule has 2 aromatic carbocycles. The Labute approximate surface area is 161 Å². The van der Waals surface area contributed by atoms with Crippen LogP contribution in [-0.2, 0) is 6.54 Å². The van der Waals surface area contributed by atoms with E-state index in [1.807, 2.05) is 6.07 Å². The molecule has 0 aliphatic rings. The molecule has 1 amide bonds. The number of carbonyl (C=O) groups is 1. The Morgan fingerprint density at radius 1 is 1.04 bits per heavy atom. The van der Waals surface area contributed by atoms with Crippen LogP contribution < -0.4 is 20.1 Å². The second-order valence-corrected chi connectivity index (χ2v) is 5.76. The molecule has 0 spiro atoms. The summed E-state index contributed by atoms with van der Waals surface area (Å²) in [4.78, 5) is 20.4. The van der Waals surface area contributed by atoms with Gasteiger partial charge < -0.3 is 20.1 Å². The predicted octanol–water partition coefficient (Wildman–Crippen LogP) is 3.31. The van der Waals surface area contributed by atoms with Crippen molar-refractivity contribution in [3.63, 3.8) is 0 Å². The van der Waals surface area contributed by atoms with E-state index in [2.05, 4.69) is 20.6 Å². The lowest BCUT2D eigenvalue weighted by Crippen LogP contribution is -2.24. The van der Waals surface area contributed by atoms with E-state index in [1.165, 1.54) is 18.5 Å². The highest BCUT2D eigenvalue weighted by Gasteiger charge is 2.10. The Bertz CT molecular complexity index is 964.